The van der Waals surface area contributed by atoms with Gasteiger partial charge in [-0.1, -0.05) is 74.5 Å². The first-order chi connectivity index (χ1) is 32.7. The number of carbonyl (C=O) groups excluding carboxylic acids is 5. The summed E-state index contributed by atoms with van der Waals surface area (Å²) in [6.45, 7) is 5.56. The lowest BCUT2D eigenvalue weighted by molar-refractivity contribution is -0.127. The minimum atomic E-state index is -1.55. The Labute approximate surface area is 398 Å². The summed E-state index contributed by atoms with van der Waals surface area (Å²) >= 11 is 6.40. The molecule has 17 heteroatoms. The Balaban J connectivity index is 0.988. The number of phenolic OH excluding ortho intramolecular Hbond substituents is 1. The number of aromatic hydroxyl groups is 1. The molecule has 5 aromatic rings. The third-order valence-electron chi connectivity index (χ3n) is 12.9. The quantitative estimate of drug-likeness (QED) is 0.0595. The number of hydrogen-bond acceptors (Lipinski definition) is 11. The van der Waals surface area contributed by atoms with E-state index in [0.717, 1.165) is 27.0 Å². The smallest absolute Gasteiger partial charge is 0.416 e. The molecule has 0 saturated carbocycles. The van der Waals surface area contributed by atoms with Crippen LogP contribution >= 0.6 is 11.6 Å². The van der Waals surface area contributed by atoms with Crippen LogP contribution in [-0.2, 0) is 38.7 Å². The minimum Gasteiger partial charge on any atom is -0.507 e. The number of anilines is 3. The molecule has 16 nitrogen and oxygen atoms in total. The van der Waals surface area contributed by atoms with Crippen molar-refractivity contribution >= 4 is 69.2 Å². The summed E-state index contributed by atoms with van der Waals surface area (Å²) in [6.07, 6.45) is -1.84. The van der Waals surface area contributed by atoms with E-state index in [1.807, 2.05) is 62.4 Å². The molecule has 0 spiro atoms. The van der Waals surface area contributed by atoms with Gasteiger partial charge in [0, 0.05) is 54.5 Å². The number of ether oxygens (including phenoxy) is 3. The van der Waals surface area contributed by atoms with E-state index in [2.05, 4.69) is 10.6 Å². The molecular formula is C51H55ClN6O10. The molecule has 68 heavy (non-hydrogen) atoms. The SMILES string of the molecule is COc1cc2c(cc1OCCCC(=O)N1C[C@@H](CCl)c3c1cc(O)c1ccccc31)N(C(=O)OCc1ccc(NC(=O)[C@H](C)NC(=O)[C@@H](N)C(C)C)cc1)C(O)[C@@H]1Cc3ccccc3CN1C2=O. The van der Waals surface area contributed by atoms with E-state index in [1.54, 1.807) is 47.1 Å². The van der Waals surface area contributed by atoms with Gasteiger partial charge in [0.05, 0.1) is 42.7 Å². The van der Waals surface area contributed by atoms with Crippen molar-refractivity contribution < 1.29 is 48.4 Å². The summed E-state index contributed by atoms with van der Waals surface area (Å²) < 4.78 is 17.8. The summed E-state index contributed by atoms with van der Waals surface area (Å²) in [5.41, 5.74) is 10.4. The van der Waals surface area contributed by atoms with Crippen LogP contribution < -0.4 is 35.6 Å². The number of amides is 5. The highest BCUT2D eigenvalue weighted by molar-refractivity contribution is 6.19. The molecule has 0 fully saturated rings. The molecule has 0 radical (unpaired) electrons. The van der Waals surface area contributed by atoms with E-state index in [4.69, 9.17) is 31.5 Å². The van der Waals surface area contributed by atoms with Gasteiger partial charge in [0.25, 0.3) is 5.91 Å². The maximum absolute atomic E-state index is 14.5. The second-order valence-electron chi connectivity index (χ2n) is 17.7. The Kier molecular flexibility index (Phi) is 14.1. The Morgan fingerprint density at radius 1 is 0.897 bits per heavy atom. The summed E-state index contributed by atoms with van der Waals surface area (Å²) in [4.78, 5) is 72.1. The molecule has 5 aromatic carbocycles. The zero-order valence-corrected chi connectivity index (χ0v) is 39.0. The number of alkyl halides is 1. The number of hydrogen-bond donors (Lipinski definition) is 5. The van der Waals surface area contributed by atoms with E-state index >= 15 is 0 Å². The zero-order chi connectivity index (χ0) is 48.4. The van der Waals surface area contributed by atoms with Gasteiger partial charge in [-0.15, -0.1) is 11.6 Å². The van der Waals surface area contributed by atoms with Gasteiger partial charge in [0.15, 0.2) is 17.7 Å². The van der Waals surface area contributed by atoms with Crippen LogP contribution in [0.15, 0.2) is 91.0 Å². The number of aliphatic hydroxyl groups is 1. The molecule has 1 unspecified atom stereocenters. The van der Waals surface area contributed by atoms with Crippen molar-refractivity contribution in [2.24, 2.45) is 11.7 Å². The van der Waals surface area contributed by atoms with Crippen LogP contribution in [0.1, 0.15) is 72.1 Å². The van der Waals surface area contributed by atoms with Crippen LogP contribution in [0.2, 0.25) is 0 Å². The number of nitrogens with one attached hydrogen (secondary N) is 2. The molecule has 3 aliphatic heterocycles. The molecule has 6 N–H and O–H groups in total. The summed E-state index contributed by atoms with van der Waals surface area (Å²) in [5.74, 6) is -0.966. The lowest BCUT2D eigenvalue weighted by Gasteiger charge is -2.39. The maximum Gasteiger partial charge on any atom is 0.416 e. The van der Waals surface area contributed by atoms with Crippen LogP contribution in [0.5, 0.6) is 17.2 Å². The van der Waals surface area contributed by atoms with Crippen LogP contribution in [-0.4, -0.2) is 95.3 Å². The standard InChI is InChI=1S/C51H55ClN6O10/c1-28(2)46(53)48(62)54-29(3)47(61)55-34-17-15-30(16-18-34)27-68-51(65)58-38-23-43(42(66-4)21-37(38)49(63)57-25-32-11-6-5-10-31(32)20-40(57)50(58)64)67-19-9-14-44(60)56-26-33(24-52)45-36-13-8-7-12-35(36)41(59)22-39(45)56/h5-8,10-13,15-18,21-23,28-29,33,40,46,50,59,64H,9,14,19-20,24-27,53H2,1-4H3,(H,54,62)(H,55,61)/t29-,33+,40-,46-,50?/m0/s1. The molecule has 3 heterocycles. The van der Waals surface area contributed by atoms with E-state index in [-0.39, 0.29) is 85.3 Å². The Morgan fingerprint density at radius 2 is 1.60 bits per heavy atom. The number of aliphatic hydroxyl groups excluding tert-OH is 1. The lowest BCUT2D eigenvalue weighted by Crippen LogP contribution is -2.55. The lowest BCUT2D eigenvalue weighted by atomic mass is 9.93. The zero-order valence-electron chi connectivity index (χ0n) is 38.2. The second kappa shape index (κ2) is 20.1. The Bertz CT molecular complexity index is 2750. The topological polar surface area (TPSA) is 213 Å². The third kappa shape index (κ3) is 9.48. The number of rotatable bonds is 14. The van der Waals surface area contributed by atoms with Gasteiger partial charge in [0.2, 0.25) is 17.7 Å². The van der Waals surface area contributed by atoms with Crippen molar-refractivity contribution in [3.8, 4) is 17.2 Å². The first-order valence-corrected chi connectivity index (χ1v) is 23.2. The first kappa shape index (κ1) is 47.6. The maximum atomic E-state index is 14.5. The third-order valence-corrected chi connectivity index (χ3v) is 13.3. The van der Waals surface area contributed by atoms with Crippen molar-refractivity contribution in [2.75, 3.05) is 41.3 Å². The monoisotopic (exact) mass is 946 g/mol. The molecule has 356 valence electrons. The van der Waals surface area contributed by atoms with Crippen molar-refractivity contribution in [1.82, 2.24) is 10.2 Å². The number of halogens is 1. The fourth-order valence-electron chi connectivity index (χ4n) is 9.06. The summed E-state index contributed by atoms with van der Waals surface area (Å²) in [6, 6.07) is 23.8. The molecule has 0 saturated heterocycles. The largest absolute Gasteiger partial charge is 0.507 e. The minimum absolute atomic E-state index is 0.0410. The second-order valence-corrected chi connectivity index (χ2v) is 18.0. The van der Waals surface area contributed by atoms with E-state index < -0.39 is 48.2 Å². The van der Waals surface area contributed by atoms with Crippen LogP contribution in [0.3, 0.4) is 0 Å². The van der Waals surface area contributed by atoms with Crippen molar-refractivity contribution in [1.29, 1.82) is 0 Å². The molecule has 0 aliphatic carbocycles. The van der Waals surface area contributed by atoms with Gasteiger partial charge in [0.1, 0.15) is 18.4 Å². The van der Waals surface area contributed by atoms with E-state index in [1.165, 1.54) is 19.2 Å². The highest BCUT2D eigenvalue weighted by atomic mass is 35.5. The number of methoxy groups -OCH3 is 1. The van der Waals surface area contributed by atoms with Crippen molar-refractivity contribution in [3.63, 3.8) is 0 Å². The molecule has 0 aromatic heterocycles. The van der Waals surface area contributed by atoms with Crippen LogP contribution in [0, 0.1) is 5.92 Å². The fourth-order valence-corrected chi connectivity index (χ4v) is 9.31. The number of phenols is 1. The number of carbonyl (C=O) groups is 5. The molecule has 3 aliphatic rings. The number of nitrogens with two attached hydrogens (primary N) is 1. The highest BCUT2D eigenvalue weighted by Crippen LogP contribution is 2.46. The molecule has 0 bridgehead atoms. The van der Waals surface area contributed by atoms with Gasteiger partial charge in [-0.25, -0.2) is 9.69 Å². The predicted molar refractivity (Wildman–Crippen MR) is 257 cm³/mol. The fraction of sp³-hybridized carbons (Fsp3) is 0.353. The Morgan fingerprint density at radius 3 is 2.31 bits per heavy atom. The first-order valence-electron chi connectivity index (χ1n) is 22.6. The normalized spacial score (nSPS) is 18.1. The van der Waals surface area contributed by atoms with Gasteiger partial charge < -0.3 is 50.6 Å². The summed E-state index contributed by atoms with van der Waals surface area (Å²) in [7, 11) is 1.43. The van der Waals surface area contributed by atoms with Crippen LogP contribution in [0.25, 0.3) is 10.8 Å². The van der Waals surface area contributed by atoms with Gasteiger partial charge >= 0.3 is 6.09 Å². The number of benzene rings is 5. The van der Waals surface area contributed by atoms with E-state index in [9.17, 15) is 34.2 Å². The average Bonchev–Trinajstić information content (AvgIpc) is 3.69. The van der Waals surface area contributed by atoms with E-state index in [0.29, 0.717) is 34.7 Å². The van der Waals surface area contributed by atoms with Gasteiger partial charge in [-0.3, -0.25) is 19.2 Å². The Hall–Kier alpha value is -6.88. The van der Waals surface area contributed by atoms with Crippen LogP contribution in [0.4, 0.5) is 21.9 Å². The van der Waals surface area contributed by atoms with Gasteiger partial charge in [-0.2, -0.15) is 0 Å². The highest BCUT2D eigenvalue weighted by Gasteiger charge is 2.45. The molecule has 5 atom stereocenters. The molecular weight excluding hydrogens is 892 g/mol. The van der Waals surface area contributed by atoms with Crippen molar-refractivity contribution in [3.05, 3.63) is 119 Å². The van der Waals surface area contributed by atoms with Crippen molar-refractivity contribution in [2.45, 2.75) is 83.5 Å². The molecule has 8 rings (SSSR count). The average molecular weight is 947 g/mol. The summed E-state index contributed by atoms with van der Waals surface area (Å²) in [5, 5.41) is 29.9. The predicted octanol–water partition coefficient (Wildman–Crippen LogP) is 6.55. The number of nitrogens with zero attached hydrogens (tertiary/aromatic N) is 3. The molecule has 5 amide bonds. The van der Waals surface area contributed by atoms with Gasteiger partial charge in [-0.05, 0) is 71.5 Å². The number of fused-ring (bicyclic) bond motifs is 6.